The van der Waals surface area contributed by atoms with Gasteiger partial charge in [0.25, 0.3) is 0 Å². The van der Waals surface area contributed by atoms with Crippen molar-refractivity contribution < 1.29 is 4.79 Å². The van der Waals surface area contributed by atoms with Crippen LogP contribution in [0.4, 0.5) is 0 Å². The van der Waals surface area contributed by atoms with Crippen LogP contribution >= 0.6 is 11.8 Å². The van der Waals surface area contributed by atoms with E-state index in [1.54, 1.807) is 11.8 Å². The lowest BCUT2D eigenvalue weighted by atomic mass is 9.88. The first kappa shape index (κ1) is 12.8. The summed E-state index contributed by atoms with van der Waals surface area (Å²) in [7, 11) is 0. The Labute approximate surface area is 96.6 Å². The molecule has 1 saturated heterocycles. The van der Waals surface area contributed by atoms with Crippen molar-refractivity contribution >= 4 is 17.7 Å². The molecule has 0 aromatic carbocycles. The summed E-state index contributed by atoms with van der Waals surface area (Å²) in [6.07, 6.45) is 2.17. The molecule has 1 amide bonds. The fraction of sp³-hybridized carbons (Fsp3) is 0.909. The van der Waals surface area contributed by atoms with Gasteiger partial charge in [0.1, 0.15) is 0 Å². The lowest BCUT2D eigenvalue weighted by Crippen LogP contribution is -2.56. The zero-order chi connectivity index (χ0) is 11.5. The van der Waals surface area contributed by atoms with E-state index in [9.17, 15) is 4.79 Å². The first-order valence-corrected chi connectivity index (χ1v) is 6.68. The third kappa shape index (κ3) is 3.11. The van der Waals surface area contributed by atoms with Crippen molar-refractivity contribution in [2.45, 2.75) is 44.4 Å². The highest BCUT2D eigenvalue weighted by Gasteiger charge is 2.32. The van der Waals surface area contributed by atoms with Crippen molar-refractivity contribution in [1.82, 2.24) is 5.32 Å². The Hall–Kier alpha value is -0.220. The van der Waals surface area contributed by atoms with Crippen LogP contribution in [0.15, 0.2) is 0 Å². The van der Waals surface area contributed by atoms with E-state index < -0.39 is 0 Å². The van der Waals surface area contributed by atoms with Crippen molar-refractivity contribution in [3.8, 4) is 0 Å². The van der Waals surface area contributed by atoms with E-state index in [1.807, 2.05) is 6.92 Å². The van der Waals surface area contributed by atoms with Crippen LogP contribution in [0.2, 0.25) is 0 Å². The molecule has 4 heteroatoms. The number of amides is 1. The summed E-state index contributed by atoms with van der Waals surface area (Å²) in [6, 6.07) is 0. The summed E-state index contributed by atoms with van der Waals surface area (Å²) in [5.74, 6) is 1.64. The smallest absolute Gasteiger partial charge is 0.233 e. The fourth-order valence-corrected chi connectivity index (χ4v) is 2.74. The summed E-state index contributed by atoms with van der Waals surface area (Å²) in [5, 5.41) is 3.25. The Bertz CT molecular complexity index is 227. The van der Waals surface area contributed by atoms with Gasteiger partial charge in [0, 0.05) is 6.54 Å². The molecule has 0 bridgehead atoms. The number of hydrogen-bond donors (Lipinski definition) is 2. The van der Waals surface area contributed by atoms with E-state index in [-0.39, 0.29) is 16.7 Å². The largest absolute Gasteiger partial charge is 0.348 e. The second kappa shape index (κ2) is 5.21. The Morgan fingerprint density at radius 2 is 2.33 bits per heavy atom. The van der Waals surface area contributed by atoms with Crippen molar-refractivity contribution in [3.05, 3.63) is 0 Å². The highest BCUT2D eigenvalue weighted by atomic mass is 32.2. The molecule has 1 fully saturated rings. The van der Waals surface area contributed by atoms with Crippen LogP contribution in [0.25, 0.3) is 0 Å². The number of nitrogens with one attached hydrogen (secondary N) is 1. The molecule has 0 aromatic rings. The fourth-order valence-electron chi connectivity index (χ4n) is 1.58. The van der Waals surface area contributed by atoms with Gasteiger partial charge in [0.2, 0.25) is 5.91 Å². The van der Waals surface area contributed by atoms with E-state index in [0.717, 1.165) is 18.6 Å². The first-order chi connectivity index (χ1) is 6.99. The molecule has 0 aromatic heterocycles. The molecule has 2 atom stereocenters. The standard InChI is InChI=1S/C11H22N2OS/c1-8(2)11(3,7-12)13-10(14)9-5-4-6-15-9/h8-9H,4-7,12H2,1-3H3,(H,13,14). The molecular weight excluding hydrogens is 208 g/mol. The average molecular weight is 230 g/mol. The summed E-state index contributed by atoms with van der Waals surface area (Å²) in [5.41, 5.74) is 5.47. The maximum Gasteiger partial charge on any atom is 0.233 e. The Balaban J connectivity index is 2.54. The number of carbonyl (C=O) groups excluding carboxylic acids is 1. The third-order valence-corrected chi connectivity index (χ3v) is 4.71. The lowest BCUT2D eigenvalue weighted by molar-refractivity contribution is -0.122. The van der Waals surface area contributed by atoms with Gasteiger partial charge in [0.05, 0.1) is 10.8 Å². The normalized spacial score (nSPS) is 25.3. The summed E-state index contributed by atoms with van der Waals surface area (Å²) < 4.78 is 0. The van der Waals surface area contributed by atoms with Gasteiger partial charge in [-0.2, -0.15) is 0 Å². The van der Waals surface area contributed by atoms with Gasteiger partial charge in [-0.1, -0.05) is 13.8 Å². The average Bonchev–Trinajstić information content (AvgIpc) is 2.70. The maximum absolute atomic E-state index is 11.9. The molecule has 0 saturated carbocycles. The van der Waals surface area contributed by atoms with Gasteiger partial charge in [-0.25, -0.2) is 0 Å². The third-order valence-electron chi connectivity index (χ3n) is 3.33. The molecule has 1 aliphatic rings. The summed E-state index contributed by atoms with van der Waals surface area (Å²) in [4.78, 5) is 11.9. The van der Waals surface area contributed by atoms with Crippen LogP contribution < -0.4 is 11.1 Å². The van der Waals surface area contributed by atoms with Gasteiger partial charge in [-0.15, -0.1) is 11.8 Å². The van der Waals surface area contributed by atoms with Crippen LogP contribution in [-0.4, -0.2) is 29.0 Å². The summed E-state index contributed by atoms with van der Waals surface area (Å²) >= 11 is 1.76. The molecule has 3 N–H and O–H groups in total. The molecule has 3 nitrogen and oxygen atoms in total. The Morgan fingerprint density at radius 3 is 2.73 bits per heavy atom. The molecule has 0 spiro atoms. The van der Waals surface area contributed by atoms with Crippen LogP contribution in [0.1, 0.15) is 33.6 Å². The topological polar surface area (TPSA) is 55.1 Å². The zero-order valence-corrected chi connectivity index (χ0v) is 10.7. The van der Waals surface area contributed by atoms with Crippen molar-refractivity contribution in [3.63, 3.8) is 0 Å². The first-order valence-electron chi connectivity index (χ1n) is 5.63. The second-order valence-corrected chi connectivity index (χ2v) is 6.08. The minimum absolute atomic E-state index is 0.148. The van der Waals surface area contributed by atoms with Crippen molar-refractivity contribution in [2.75, 3.05) is 12.3 Å². The Morgan fingerprint density at radius 1 is 1.67 bits per heavy atom. The number of thioether (sulfide) groups is 1. The summed E-state index contributed by atoms with van der Waals surface area (Å²) in [6.45, 7) is 6.70. The monoisotopic (exact) mass is 230 g/mol. The highest BCUT2D eigenvalue weighted by Crippen LogP contribution is 2.27. The van der Waals surface area contributed by atoms with E-state index in [0.29, 0.717) is 12.5 Å². The molecule has 88 valence electrons. The minimum atomic E-state index is -0.264. The molecule has 1 rings (SSSR count). The number of rotatable bonds is 4. The zero-order valence-electron chi connectivity index (χ0n) is 9.88. The number of nitrogens with two attached hydrogens (primary N) is 1. The van der Waals surface area contributed by atoms with Crippen LogP contribution in [0.5, 0.6) is 0 Å². The molecule has 2 unspecified atom stereocenters. The lowest BCUT2D eigenvalue weighted by Gasteiger charge is -2.34. The molecule has 1 heterocycles. The quantitative estimate of drug-likeness (QED) is 0.767. The van der Waals surface area contributed by atoms with Gasteiger partial charge in [-0.05, 0) is 31.4 Å². The van der Waals surface area contributed by atoms with Crippen LogP contribution in [0, 0.1) is 5.92 Å². The van der Waals surface area contributed by atoms with E-state index in [4.69, 9.17) is 5.73 Å². The van der Waals surface area contributed by atoms with Gasteiger partial charge < -0.3 is 11.1 Å². The highest BCUT2D eigenvalue weighted by molar-refractivity contribution is 8.00. The minimum Gasteiger partial charge on any atom is -0.348 e. The van der Waals surface area contributed by atoms with Crippen molar-refractivity contribution in [2.24, 2.45) is 11.7 Å². The van der Waals surface area contributed by atoms with Gasteiger partial charge in [-0.3, -0.25) is 4.79 Å². The predicted molar refractivity (Wildman–Crippen MR) is 65.9 cm³/mol. The predicted octanol–water partition coefficient (Wildman–Crippen LogP) is 1.37. The molecule has 15 heavy (non-hydrogen) atoms. The van der Waals surface area contributed by atoms with Gasteiger partial charge in [0.15, 0.2) is 0 Å². The number of hydrogen-bond acceptors (Lipinski definition) is 3. The van der Waals surface area contributed by atoms with E-state index >= 15 is 0 Å². The van der Waals surface area contributed by atoms with E-state index in [1.165, 1.54) is 0 Å². The molecule has 0 radical (unpaired) electrons. The SMILES string of the molecule is CC(C)C(C)(CN)NC(=O)C1CCCS1. The molecule has 0 aliphatic carbocycles. The Kier molecular flexibility index (Phi) is 4.46. The van der Waals surface area contributed by atoms with Crippen molar-refractivity contribution in [1.29, 1.82) is 0 Å². The second-order valence-electron chi connectivity index (χ2n) is 4.77. The van der Waals surface area contributed by atoms with E-state index in [2.05, 4.69) is 19.2 Å². The number of carbonyl (C=O) groups is 1. The van der Waals surface area contributed by atoms with Crippen LogP contribution in [0.3, 0.4) is 0 Å². The molecule has 1 aliphatic heterocycles. The van der Waals surface area contributed by atoms with Crippen LogP contribution in [-0.2, 0) is 4.79 Å². The van der Waals surface area contributed by atoms with Gasteiger partial charge >= 0.3 is 0 Å². The molecular formula is C11H22N2OS. The maximum atomic E-state index is 11.9.